The lowest BCUT2D eigenvalue weighted by atomic mass is 9.99. The van der Waals surface area contributed by atoms with E-state index in [0.29, 0.717) is 0 Å². The number of imidazole rings is 1. The summed E-state index contributed by atoms with van der Waals surface area (Å²) in [7, 11) is 4.84. The molecule has 0 bridgehead atoms. The summed E-state index contributed by atoms with van der Waals surface area (Å²) >= 11 is 0. The van der Waals surface area contributed by atoms with Crippen molar-refractivity contribution in [2.24, 2.45) is 5.16 Å². The minimum absolute atomic E-state index is 0.241. The van der Waals surface area contributed by atoms with Crippen molar-refractivity contribution in [3.63, 3.8) is 0 Å². The van der Waals surface area contributed by atoms with Crippen molar-refractivity contribution >= 4 is 28.0 Å². The first-order valence-electron chi connectivity index (χ1n) is 11.9. The molecule has 2 heterocycles. The fourth-order valence-corrected chi connectivity index (χ4v) is 4.87. The monoisotopic (exact) mass is 489 g/mol. The molecule has 0 amide bonds. The predicted molar refractivity (Wildman–Crippen MR) is 139 cm³/mol. The zero-order chi connectivity index (χ0) is 25.2. The Bertz CT molecular complexity index is 1370. The summed E-state index contributed by atoms with van der Waals surface area (Å²) in [5.41, 5.74) is 5.23. The lowest BCUT2D eigenvalue weighted by molar-refractivity contribution is -0.305. The molecule has 0 radical (unpaired) electrons. The molecule has 8 nitrogen and oxygen atoms in total. The van der Waals surface area contributed by atoms with Crippen LogP contribution in [0, 0.1) is 6.92 Å². The van der Waals surface area contributed by atoms with Gasteiger partial charge in [0.2, 0.25) is 0 Å². The summed E-state index contributed by atoms with van der Waals surface area (Å²) in [5, 5.41) is 6.34. The number of hydrogen-bond donors (Lipinski definition) is 0. The third-order valence-electron chi connectivity index (χ3n) is 6.78. The van der Waals surface area contributed by atoms with Gasteiger partial charge in [-0.3, -0.25) is 4.57 Å². The van der Waals surface area contributed by atoms with Crippen LogP contribution in [0.1, 0.15) is 18.1 Å². The zero-order valence-corrected chi connectivity index (χ0v) is 21.1. The van der Waals surface area contributed by atoms with Crippen LogP contribution in [0.15, 0.2) is 66.1 Å². The number of nitrogens with zero attached hydrogens (tertiary/aromatic N) is 3. The van der Waals surface area contributed by atoms with Gasteiger partial charge in [0, 0.05) is 32.4 Å². The quantitative estimate of drug-likeness (QED) is 0.278. The van der Waals surface area contributed by atoms with Crippen LogP contribution < -0.4 is 0 Å². The van der Waals surface area contributed by atoms with Gasteiger partial charge < -0.3 is 23.8 Å². The van der Waals surface area contributed by atoms with Crippen molar-refractivity contribution in [2.45, 2.75) is 44.6 Å². The number of ether oxygens (including phenoxy) is 4. The Kier molecular flexibility index (Phi) is 7.02. The van der Waals surface area contributed by atoms with Gasteiger partial charge in [-0.25, -0.2) is 4.98 Å². The predicted octanol–water partition coefficient (Wildman–Crippen LogP) is 4.63. The highest BCUT2D eigenvalue weighted by Gasteiger charge is 2.46. The van der Waals surface area contributed by atoms with Crippen molar-refractivity contribution in [1.82, 2.24) is 9.55 Å². The van der Waals surface area contributed by atoms with E-state index in [1.165, 1.54) is 5.56 Å². The summed E-state index contributed by atoms with van der Waals surface area (Å²) in [6, 6.07) is 18.7. The molecule has 5 rings (SSSR count). The van der Waals surface area contributed by atoms with Gasteiger partial charge in [0.15, 0.2) is 6.10 Å². The Morgan fingerprint density at radius 2 is 1.67 bits per heavy atom. The van der Waals surface area contributed by atoms with E-state index < -0.39 is 12.4 Å². The molecule has 8 heteroatoms. The highest BCUT2D eigenvalue weighted by Crippen LogP contribution is 2.29. The standard InChI is InChI=1S/C28H31N3O5/c1-17-6-10-21(11-7-17)31-16-29-24-22-12-8-19(14-20(22)9-13-23(24)31)15-30-36-28-27(34-5)26(33-4)25(32-3)18(2)35-28/h6-16,18,25-28H,1-5H3/t18-,25-,26+,27+,28+/m0/s1. The van der Waals surface area contributed by atoms with Crippen molar-refractivity contribution < 1.29 is 23.8 Å². The van der Waals surface area contributed by atoms with Gasteiger partial charge in [-0.1, -0.05) is 41.1 Å². The van der Waals surface area contributed by atoms with Gasteiger partial charge in [0.1, 0.15) is 18.5 Å². The molecule has 0 saturated carbocycles. The fraction of sp³-hybridized carbons (Fsp3) is 0.357. The number of fused-ring (bicyclic) bond motifs is 3. The maximum absolute atomic E-state index is 5.95. The van der Waals surface area contributed by atoms with Crippen LogP contribution in [0.5, 0.6) is 0 Å². The van der Waals surface area contributed by atoms with Gasteiger partial charge in [0.25, 0.3) is 6.29 Å². The van der Waals surface area contributed by atoms with E-state index in [0.717, 1.165) is 33.1 Å². The molecule has 1 aliphatic rings. The smallest absolute Gasteiger partial charge is 0.256 e. The van der Waals surface area contributed by atoms with E-state index in [1.807, 2.05) is 19.3 Å². The van der Waals surface area contributed by atoms with Crippen LogP contribution in [0.4, 0.5) is 0 Å². The Balaban J connectivity index is 1.36. The summed E-state index contributed by atoms with van der Waals surface area (Å²) in [5.74, 6) is 0. The number of benzene rings is 3. The van der Waals surface area contributed by atoms with Gasteiger partial charge in [-0.15, -0.1) is 0 Å². The molecular formula is C28H31N3O5. The molecule has 1 aliphatic heterocycles. The first-order valence-corrected chi connectivity index (χ1v) is 11.9. The largest absolute Gasteiger partial charge is 0.376 e. The van der Waals surface area contributed by atoms with Crippen LogP contribution in [0.3, 0.4) is 0 Å². The summed E-state index contributed by atoms with van der Waals surface area (Å²) in [6.45, 7) is 4.00. The van der Waals surface area contributed by atoms with E-state index in [-0.39, 0.29) is 18.3 Å². The molecule has 1 saturated heterocycles. The Labute approximate surface area is 210 Å². The molecular weight excluding hydrogens is 458 g/mol. The molecule has 0 N–H and O–H groups in total. The van der Waals surface area contributed by atoms with Gasteiger partial charge in [-0.05, 0) is 49.1 Å². The fourth-order valence-electron chi connectivity index (χ4n) is 4.87. The van der Waals surface area contributed by atoms with Crippen LogP contribution in [0.2, 0.25) is 0 Å². The Morgan fingerprint density at radius 3 is 2.39 bits per heavy atom. The molecule has 188 valence electrons. The Hall–Kier alpha value is -3.30. The van der Waals surface area contributed by atoms with Gasteiger partial charge in [0.05, 0.1) is 23.4 Å². The van der Waals surface area contributed by atoms with Crippen molar-refractivity contribution in [3.8, 4) is 5.69 Å². The number of hydrogen-bond acceptors (Lipinski definition) is 7. The molecule has 1 fully saturated rings. The minimum atomic E-state index is -0.719. The van der Waals surface area contributed by atoms with E-state index in [2.05, 4.69) is 65.2 Å². The van der Waals surface area contributed by atoms with Crippen molar-refractivity contribution in [2.75, 3.05) is 21.3 Å². The molecule has 0 aliphatic carbocycles. The maximum atomic E-state index is 5.95. The molecule has 1 aromatic heterocycles. The second kappa shape index (κ2) is 10.4. The first kappa shape index (κ1) is 24.4. The SMILES string of the molecule is CO[C@@H]1[C@@H](OC)[C@H](C)O[C@H](ON=Cc2ccc3c(ccc4c3ncn4-c3ccc(C)cc3)c2)[C@@H]1OC. The average molecular weight is 490 g/mol. The second-order valence-corrected chi connectivity index (χ2v) is 9.01. The zero-order valence-electron chi connectivity index (χ0n) is 21.1. The normalized spacial score (nSPS) is 24.6. The van der Waals surface area contributed by atoms with Crippen LogP contribution in [-0.4, -0.2) is 67.8 Å². The second-order valence-electron chi connectivity index (χ2n) is 9.01. The number of aromatic nitrogens is 2. The highest BCUT2D eigenvalue weighted by atomic mass is 16.8. The molecule has 5 atom stereocenters. The van der Waals surface area contributed by atoms with E-state index in [1.54, 1.807) is 27.5 Å². The highest BCUT2D eigenvalue weighted by molar-refractivity contribution is 6.06. The first-order chi connectivity index (χ1) is 17.5. The maximum Gasteiger partial charge on any atom is 0.256 e. The lowest BCUT2D eigenvalue weighted by Gasteiger charge is -2.42. The number of rotatable bonds is 7. The Morgan fingerprint density at radius 1 is 0.917 bits per heavy atom. The molecule has 36 heavy (non-hydrogen) atoms. The third kappa shape index (κ3) is 4.49. The molecule has 4 aromatic rings. The summed E-state index contributed by atoms with van der Waals surface area (Å²) in [6.07, 6.45) is 1.48. The van der Waals surface area contributed by atoms with Crippen LogP contribution >= 0.6 is 0 Å². The van der Waals surface area contributed by atoms with Gasteiger partial charge in [-0.2, -0.15) is 0 Å². The van der Waals surface area contributed by atoms with E-state index >= 15 is 0 Å². The van der Waals surface area contributed by atoms with E-state index in [9.17, 15) is 0 Å². The van der Waals surface area contributed by atoms with Gasteiger partial charge >= 0.3 is 0 Å². The topological polar surface area (TPSA) is 76.3 Å². The van der Waals surface area contributed by atoms with E-state index in [4.69, 9.17) is 28.8 Å². The molecule has 3 aromatic carbocycles. The lowest BCUT2D eigenvalue weighted by Crippen LogP contribution is -2.59. The summed E-state index contributed by atoms with van der Waals surface area (Å²) < 4.78 is 24.8. The number of methoxy groups -OCH3 is 3. The number of aryl methyl sites for hydroxylation is 1. The minimum Gasteiger partial charge on any atom is -0.376 e. The molecule has 0 unspecified atom stereocenters. The molecule has 0 spiro atoms. The van der Waals surface area contributed by atoms with Crippen LogP contribution in [-0.2, 0) is 23.8 Å². The van der Waals surface area contributed by atoms with Crippen molar-refractivity contribution in [1.29, 1.82) is 0 Å². The number of oxime groups is 1. The third-order valence-corrected chi connectivity index (χ3v) is 6.78. The average Bonchev–Trinajstić information content (AvgIpc) is 3.33. The van der Waals surface area contributed by atoms with Crippen LogP contribution in [0.25, 0.3) is 27.5 Å². The summed E-state index contributed by atoms with van der Waals surface area (Å²) in [4.78, 5) is 10.4. The van der Waals surface area contributed by atoms with Crippen molar-refractivity contribution in [3.05, 3.63) is 72.1 Å².